The quantitative estimate of drug-likeness (QED) is 0.627. The number of para-hydroxylation sites is 1. The maximum Gasteiger partial charge on any atom is 0.0908 e. The maximum atomic E-state index is 3.35. The van der Waals surface area contributed by atoms with Crippen LogP contribution in [0.15, 0.2) is 42.6 Å². The van der Waals surface area contributed by atoms with Crippen LogP contribution in [0.1, 0.15) is 17.0 Å². The number of nitrogens with one attached hydrogen (secondary N) is 1. The van der Waals surface area contributed by atoms with Crippen LogP contribution in [0.4, 0.5) is 0 Å². The van der Waals surface area contributed by atoms with Gasteiger partial charge < -0.3 is 9.55 Å². The number of fused-ring (bicyclic) bond motifs is 2. The fraction of sp³-hybridized carbons (Fsp3) is 0.222. The summed E-state index contributed by atoms with van der Waals surface area (Å²) in [7, 11) is 2.16. The zero-order valence-electron chi connectivity index (χ0n) is 12.1. The Kier molecular flexibility index (Phi) is 2.83. The Morgan fingerprint density at radius 2 is 2.00 bits per heavy atom. The van der Waals surface area contributed by atoms with Crippen LogP contribution in [-0.2, 0) is 13.1 Å². The Balaban J connectivity index is 1.64. The molecule has 0 saturated heterocycles. The second kappa shape index (κ2) is 4.83. The lowest BCUT2D eigenvalue weighted by molar-refractivity contribution is 0.270. The van der Waals surface area contributed by atoms with Crippen LogP contribution < -0.4 is 0 Å². The largest absolute Gasteiger partial charge is 0.348 e. The Morgan fingerprint density at radius 1 is 1.10 bits per heavy atom. The molecule has 2 aromatic heterocycles. The van der Waals surface area contributed by atoms with Gasteiger partial charge in [0.15, 0.2) is 0 Å². The molecule has 3 heteroatoms. The number of hydrogen-bond acceptors (Lipinski definition) is 1. The van der Waals surface area contributed by atoms with Gasteiger partial charge in [-0.15, -0.1) is 0 Å². The van der Waals surface area contributed by atoms with Gasteiger partial charge >= 0.3 is 0 Å². The van der Waals surface area contributed by atoms with Gasteiger partial charge in [0, 0.05) is 48.0 Å². The topological polar surface area (TPSA) is 24.0 Å². The molecule has 1 aromatic carbocycles. The summed E-state index contributed by atoms with van der Waals surface area (Å²) >= 11 is 0. The van der Waals surface area contributed by atoms with Crippen molar-refractivity contribution in [3.8, 4) is 11.8 Å². The first-order valence-corrected chi connectivity index (χ1v) is 7.25. The molecular formula is C18H17N3. The van der Waals surface area contributed by atoms with E-state index in [0.717, 1.165) is 36.4 Å². The number of aromatic amines is 1. The highest BCUT2D eigenvalue weighted by Gasteiger charge is 2.13. The van der Waals surface area contributed by atoms with Gasteiger partial charge in [0.1, 0.15) is 0 Å². The first-order chi connectivity index (χ1) is 10.3. The second-order valence-electron chi connectivity index (χ2n) is 5.67. The summed E-state index contributed by atoms with van der Waals surface area (Å²) < 4.78 is 2.31. The van der Waals surface area contributed by atoms with Crippen LogP contribution in [0.5, 0.6) is 0 Å². The zero-order chi connectivity index (χ0) is 14.2. The highest BCUT2D eigenvalue weighted by molar-refractivity contribution is 5.81. The van der Waals surface area contributed by atoms with E-state index in [1.807, 2.05) is 12.1 Å². The van der Waals surface area contributed by atoms with E-state index in [9.17, 15) is 0 Å². The van der Waals surface area contributed by atoms with Crippen molar-refractivity contribution >= 4 is 10.9 Å². The molecular weight excluding hydrogens is 258 g/mol. The second-order valence-corrected chi connectivity index (χ2v) is 5.67. The van der Waals surface area contributed by atoms with Gasteiger partial charge in [-0.3, -0.25) is 4.90 Å². The minimum atomic E-state index is 0.970. The van der Waals surface area contributed by atoms with E-state index < -0.39 is 0 Å². The molecule has 0 saturated carbocycles. The fourth-order valence-corrected chi connectivity index (χ4v) is 2.88. The summed E-state index contributed by atoms with van der Waals surface area (Å²) in [6, 6.07) is 12.6. The van der Waals surface area contributed by atoms with E-state index in [-0.39, 0.29) is 0 Å². The highest BCUT2D eigenvalue weighted by atomic mass is 15.2. The Labute approximate surface area is 124 Å². The predicted octanol–water partition coefficient (Wildman–Crippen LogP) is 2.81. The summed E-state index contributed by atoms with van der Waals surface area (Å²) in [5.41, 5.74) is 4.56. The van der Waals surface area contributed by atoms with Crippen LogP contribution >= 0.6 is 0 Å². The van der Waals surface area contributed by atoms with Crippen LogP contribution in [0, 0.1) is 11.8 Å². The summed E-state index contributed by atoms with van der Waals surface area (Å²) in [5, 5.41) is 1.21. The van der Waals surface area contributed by atoms with Crippen molar-refractivity contribution in [2.45, 2.75) is 13.1 Å². The normalized spacial score (nSPS) is 14.7. The standard InChI is InChI=1S/C18H17N3/c1-20-8-9-21-12-14(10-17(21)13-20)6-7-16-11-15-4-2-3-5-18(15)19-16/h2-5,10-12,19H,8-9,13H2,1H3. The molecule has 3 aromatic rings. The molecule has 1 N–H and O–H groups in total. The molecule has 0 unspecified atom stereocenters. The molecule has 0 spiro atoms. The van der Waals surface area contributed by atoms with Crippen LogP contribution in [-0.4, -0.2) is 28.0 Å². The lowest BCUT2D eigenvalue weighted by Gasteiger charge is -2.24. The third-order valence-corrected chi connectivity index (χ3v) is 4.01. The van der Waals surface area contributed by atoms with Crippen molar-refractivity contribution in [3.05, 3.63) is 59.5 Å². The van der Waals surface area contributed by atoms with Crippen molar-refractivity contribution in [1.29, 1.82) is 0 Å². The Morgan fingerprint density at radius 3 is 2.90 bits per heavy atom. The van der Waals surface area contributed by atoms with Gasteiger partial charge in [-0.25, -0.2) is 0 Å². The number of likely N-dealkylation sites (N-methyl/N-ethyl adjacent to an activating group) is 1. The predicted molar refractivity (Wildman–Crippen MR) is 85.0 cm³/mol. The summed E-state index contributed by atoms with van der Waals surface area (Å²) in [6.45, 7) is 3.17. The monoisotopic (exact) mass is 275 g/mol. The van der Waals surface area contributed by atoms with Crippen molar-refractivity contribution in [2.75, 3.05) is 13.6 Å². The number of rotatable bonds is 0. The molecule has 3 nitrogen and oxygen atoms in total. The molecule has 4 rings (SSSR count). The first kappa shape index (κ1) is 12.3. The molecule has 1 aliphatic rings. The number of aromatic nitrogens is 2. The van der Waals surface area contributed by atoms with E-state index in [1.165, 1.54) is 11.1 Å². The summed E-state index contributed by atoms with van der Waals surface area (Å²) in [5.74, 6) is 6.51. The molecule has 0 fully saturated rings. The number of hydrogen-bond donors (Lipinski definition) is 1. The number of nitrogens with zero attached hydrogens (tertiary/aromatic N) is 2. The van der Waals surface area contributed by atoms with Crippen molar-refractivity contribution in [2.24, 2.45) is 0 Å². The smallest absolute Gasteiger partial charge is 0.0908 e. The lowest BCUT2D eigenvalue weighted by Crippen LogP contribution is -2.29. The molecule has 21 heavy (non-hydrogen) atoms. The van der Waals surface area contributed by atoms with E-state index in [2.05, 4.69) is 63.8 Å². The van der Waals surface area contributed by atoms with Crippen molar-refractivity contribution < 1.29 is 0 Å². The third-order valence-electron chi connectivity index (χ3n) is 4.01. The van der Waals surface area contributed by atoms with Gasteiger partial charge in [-0.2, -0.15) is 0 Å². The van der Waals surface area contributed by atoms with Crippen LogP contribution in [0.3, 0.4) is 0 Å². The molecule has 0 atom stereocenters. The first-order valence-electron chi connectivity index (χ1n) is 7.25. The Bertz CT molecular complexity index is 824. The molecule has 0 bridgehead atoms. The average molecular weight is 275 g/mol. The molecule has 104 valence electrons. The number of benzene rings is 1. The van der Waals surface area contributed by atoms with Crippen LogP contribution in [0.2, 0.25) is 0 Å². The lowest BCUT2D eigenvalue weighted by atomic mass is 10.2. The minimum Gasteiger partial charge on any atom is -0.348 e. The molecule has 0 amide bonds. The molecule has 0 radical (unpaired) electrons. The summed E-state index contributed by atoms with van der Waals surface area (Å²) in [6.07, 6.45) is 2.16. The SMILES string of the molecule is CN1CCn2cc(C#Cc3cc4ccccc4[nH]3)cc2C1. The van der Waals surface area contributed by atoms with E-state index in [1.54, 1.807) is 0 Å². The fourth-order valence-electron chi connectivity index (χ4n) is 2.88. The van der Waals surface area contributed by atoms with Crippen molar-refractivity contribution in [1.82, 2.24) is 14.5 Å². The van der Waals surface area contributed by atoms with Gasteiger partial charge in [0.2, 0.25) is 0 Å². The maximum absolute atomic E-state index is 3.35. The zero-order valence-corrected chi connectivity index (χ0v) is 12.1. The number of H-pyrrole nitrogens is 1. The van der Waals surface area contributed by atoms with Gasteiger partial charge in [0.25, 0.3) is 0 Å². The van der Waals surface area contributed by atoms with Gasteiger partial charge in [-0.05, 0) is 31.2 Å². The van der Waals surface area contributed by atoms with E-state index in [4.69, 9.17) is 0 Å². The minimum absolute atomic E-state index is 0.970. The Hall–Kier alpha value is -2.44. The average Bonchev–Trinajstić information content (AvgIpc) is 3.07. The van der Waals surface area contributed by atoms with Crippen molar-refractivity contribution in [3.63, 3.8) is 0 Å². The highest BCUT2D eigenvalue weighted by Crippen LogP contribution is 2.16. The molecule has 1 aliphatic heterocycles. The van der Waals surface area contributed by atoms with E-state index in [0.29, 0.717) is 0 Å². The summed E-state index contributed by atoms with van der Waals surface area (Å²) in [4.78, 5) is 5.68. The molecule has 0 aliphatic carbocycles. The van der Waals surface area contributed by atoms with Gasteiger partial charge in [-0.1, -0.05) is 24.1 Å². The third kappa shape index (κ3) is 2.35. The van der Waals surface area contributed by atoms with Crippen LogP contribution in [0.25, 0.3) is 10.9 Å². The van der Waals surface area contributed by atoms with Gasteiger partial charge in [0.05, 0.1) is 5.69 Å². The van der Waals surface area contributed by atoms with E-state index >= 15 is 0 Å². The molecule has 3 heterocycles.